The Labute approximate surface area is 166 Å². The van der Waals surface area contributed by atoms with Crippen LogP contribution in [0.15, 0.2) is 29.1 Å². The lowest BCUT2D eigenvalue weighted by atomic mass is 10.1. The van der Waals surface area contributed by atoms with E-state index >= 15 is 0 Å². The van der Waals surface area contributed by atoms with Crippen LogP contribution >= 0.6 is 11.6 Å². The van der Waals surface area contributed by atoms with Crippen molar-refractivity contribution in [3.8, 4) is 6.07 Å². The Hall–Kier alpha value is -3.15. The van der Waals surface area contributed by atoms with Gasteiger partial charge in [0.2, 0.25) is 5.91 Å². The van der Waals surface area contributed by atoms with Crippen LogP contribution in [0.25, 0.3) is 0 Å². The Bertz CT molecular complexity index is 1020. The minimum atomic E-state index is -0.638. The van der Waals surface area contributed by atoms with Crippen LogP contribution in [-0.2, 0) is 27.4 Å². The smallest absolute Gasteiger partial charge is 0.339 e. The Balaban J connectivity index is 2.28. The van der Waals surface area contributed by atoms with Gasteiger partial charge >= 0.3 is 5.97 Å². The molecule has 0 bridgehead atoms. The molecular weight excluding hydrogens is 386 g/mol. The van der Waals surface area contributed by atoms with Gasteiger partial charge in [0.25, 0.3) is 5.56 Å². The number of nitriles is 1. The fraction of sp³-hybridized carbons (Fsp3) is 0.263. The van der Waals surface area contributed by atoms with Gasteiger partial charge in [0.05, 0.1) is 24.3 Å². The number of methoxy groups -OCH3 is 2. The molecule has 0 radical (unpaired) electrons. The van der Waals surface area contributed by atoms with Crippen LogP contribution in [0.5, 0.6) is 0 Å². The fourth-order valence-corrected chi connectivity index (χ4v) is 2.83. The van der Waals surface area contributed by atoms with Crippen molar-refractivity contribution in [3.05, 3.63) is 62.0 Å². The number of nitrogens with one attached hydrogen (secondary N) is 1. The molecule has 2 rings (SSSR count). The number of benzene rings is 1. The number of carbonyl (C=O) groups is 2. The third-order valence-electron chi connectivity index (χ3n) is 3.96. The normalized spacial score (nSPS) is 10.2. The molecule has 1 amide bonds. The van der Waals surface area contributed by atoms with Crippen LogP contribution in [0.2, 0.25) is 5.02 Å². The molecule has 0 aliphatic heterocycles. The number of aryl methyl sites for hydroxylation is 1. The first-order valence-corrected chi connectivity index (χ1v) is 8.50. The zero-order valence-corrected chi connectivity index (χ0v) is 16.3. The summed E-state index contributed by atoms with van der Waals surface area (Å²) in [6, 6.07) is 7.84. The lowest BCUT2D eigenvalue weighted by Gasteiger charge is -2.13. The van der Waals surface area contributed by atoms with Crippen molar-refractivity contribution in [2.75, 3.05) is 19.5 Å². The number of nitrogens with zero attached hydrogens (tertiary/aromatic N) is 2. The molecule has 0 atom stereocenters. The molecule has 0 spiro atoms. The molecule has 9 heteroatoms. The van der Waals surface area contributed by atoms with Crippen LogP contribution in [-0.4, -0.2) is 30.7 Å². The maximum Gasteiger partial charge on any atom is 0.339 e. The minimum Gasteiger partial charge on any atom is -0.465 e. The molecule has 0 aliphatic rings. The maximum absolute atomic E-state index is 12.6. The van der Waals surface area contributed by atoms with Crippen molar-refractivity contribution in [2.24, 2.45) is 0 Å². The number of rotatable bonds is 6. The van der Waals surface area contributed by atoms with Crippen LogP contribution in [0.3, 0.4) is 0 Å². The molecule has 0 aliphatic carbocycles. The topological polar surface area (TPSA) is 110 Å². The van der Waals surface area contributed by atoms with Gasteiger partial charge in [-0.05, 0) is 31.2 Å². The molecule has 0 saturated carbocycles. The Morgan fingerprint density at radius 1 is 1.29 bits per heavy atom. The second-order valence-corrected chi connectivity index (χ2v) is 6.26. The van der Waals surface area contributed by atoms with E-state index in [-0.39, 0.29) is 29.3 Å². The highest BCUT2D eigenvalue weighted by Gasteiger charge is 2.16. The number of hydrogen-bond donors (Lipinski definition) is 1. The molecule has 0 unspecified atom stereocenters. The van der Waals surface area contributed by atoms with E-state index in [0.717, 1.165) is 0 Å². The first-order valence-electron chi connectivity index (χ1n) is 8.12. The standard InChI is InChI=1S/C19H18ClN3O5/c1-11-6-12(10-27-2)15(8-21)18(25)23(11)9-17(24)22-13-4-5-16(20)14(7-13)19(26)28-3/h4-7H,9-10H2,1-3H3,(H,22,24). The first-order chi connectivity index (χ1) is 13.3. The maximum atomic E-state index is 12.6. The highest BCUT2D eigenvalue weighted by molar-refractivity contribution is 6.33. The molecule has 1 heterocycles. The summed E-state index contributed by atoms with van der Waals surface area (Å²) in [5, 5.41) is 12.0. The molecule has 1 aromatic carbocycles. The van der Waals surface area contributed by atoms with E-state index in [4.69, 9.17) is 16.3 Å². The average Bonchev–Trinajstić information content (AvgIpc) is 2.66. The number of aromatic nitrogens is 1. The van der Waals surface area contributed by atoms with Crippen molar-refractivity contribution in [1.82, 2.24) is 4.57 Å². The Morgan fingerprint density at radius 3 is 2.61 bits per heavy atom. The lowest BCUT2D eigenvalue weighted by Crippen LogP contribution is -2.31. The van der Waals surface area contributed by atoms with E-state index in [1.807, 2.05) is 6.07 Å². The molecular formula is C19H18ClN3O5. The molecule has 146 valence electrons. The summed E-state index contributed by atoms with van der Waals surface area (Å²) in [5.41, 5.74) is 0.751. The number of esters is 1. The summed E-state index contributed by atoms with van der Waals surface area (Å²) in [4.78, 5) is 36.7. The third-order valence-corrected chi connectivity index (χ3v) is 4.29. The number of halogens is 1. The van der Waals surface area contributed by atoms with E-state index in [1.54, 1.807) is 13.0 Å². The van der Waals surface area contributed by atoms with Gasteiger partial charge in [-0.25, -0.2) is 4.79 Å². The van der Waals surface area contributed by atoms with Crippen molar-refractivity contribution in [2.45, 2.75) is 20.1 Å². The molecule has 0 fully saturated rings. The van der Waals surface area contributed by atoms with Crippen LogP contribution in [0.4, 0.5) is 5.69 Å². The number of ether oxygens (including phenoxy) is 2. The van der Waals surface area contributed by atoms with Crippen LogP contribution in [0.1, 0.15) is 27.2 Å². The van der Waals surface area contributed by atoms with Crippen molar-refractivity contribution in [1.29, 1.82) is 5.26 Å². The zero-order chi connectivity index (χ0) is 20.8. The Morgan fingerprint density at radius 2 is 2.00 bits per heavy atom. The fourth-order valence-electron chi connectivity index (χ4n) is 2.63. The average molecular weight is 404 g/mol. The second kappa shape index (κ2) is 9.17. The molecule has 1 aromatic heterocycles. The molecule has 1 N–H and O–H groups in total. The number of hydrogen-bond acceptors (Lipinski definition) is 6. The van der Waals surface area contributed by atoms with E-state index < -0.39 is 17.4 Å². The van der Waals surface area contributed by atoms with Crippen molar-refractivity contribution < 1.29 is 19.1 Å². The zero-order valence-electron chi connectivity index (χ0n) is 15.5. The predicted molar refractivity (Wildman–Crippen MR) is 102 cm³/mol. The van der Waals surface area contributed by atoms with Gasteiger partial charge < -0.3 is 19.4 Å². The van der Waals surface area contributed by atoms with E-state index in [9.17, 15) is 19.6 Å². The van der Waals surface area contributed by atoms with Gasteiger partial charge in [-0.1, -0.05) is 11.6 Å². The number of carbonyl (C=O) groups excluding carboxylic acids is 2. The summed E-state index contributed by atoms with van der Waals surface area (Å²) < 4.78 is 10.8. The molecule has 8 nitrogen and oxygen atoms in total. The summed E-state index contributed by atoms with van der Waals surface area (Å²) >= 11 is 5.95. The first kappa shape index (κ1) is 21.2. The van der Waals surface area contributed by atoms with Gasteiger partial charge in [0, 0.05) is 24.1 Å². The minimum absolute atomic E-state index is 0.0697. The van der Waals surface area contributed by atoms with E-state index in [0.29, 0.717) is 16.9 Å². The quantitative estimate of drug-likeness (QED) is 0.740. The van der Waals surface area contributed by atoms with E-state index in [2.05, 4.69) is 10.1 Å². The summed E-state index contributed by atoms with van der Waals surface area (Å²) in [6.45, 7) is 1.47. The van der Waals surface area contributed by atoms with Gasteiger partial charge in [0.15, 0.2) is 0 Å². The van der Waals surface area contributed by atoms with Gasteiger partial charge in [-0.3, -0.25) is 9.59 Å². The molecule has 28 heavy (non-hydrogen) atoms. The lowest BCUT2D eigenvalue weighted by molar-refractivity contribution is -0.116. The van der Waals surface area contributed by atoms with E-state index in [1.165, 1.54) is 37.0 Å². The Kier molecular flexibility index (Phi) is 6.93. The monoisotopic (exact) mass is 403 g/mol. The molecule has 2 aromatic rings. The van der Waals surface area contributed by atoms with Gasteiger partial charge in [-0.2, -0.15) is 5.26 Å². The van der Waals surface area contributed by atoms with Crippen LogP contribution < -0.4 is 10.9 Å². The van der Waals surface area contributed by atoms with Crippen LogP contribution in [0, 0.1) is 18.3 Å². The summed E-state index contributed by atoms with van der Waals surface area (Å²) in [7, 11) is 2.68. The predicted octanol–water partition coefficient (Wildman–Crippen LogP) is 2.25. The van der Waals surface area contributed by atoms with Crippen molar-refractivity contribution in [3.63, 3.8) is 0 Å². The number of amides is 1. The largest absolute Gasteiger partial charge is 0.465 e. The van der Waals surface area contributed by atoms with Gasteiger partial charge in [0.1, 0.15) is 18.2 Å². The third kappa shape index (κ3) is 4.57. The van der Waals surface area contributed by atoms with Gasteiger partial charge in [-0.15, -0.1) is 0 Å². The second-order valence-electron chi connectivity index (χ2n) is 5.86. The SMILES string of the molecule is COCc1cc(C)n(CC(=O)Nc2ccc(Cl)c(C(=O)OC)c2)c(=O)c1C#N. The van der Waals surface area contributed by atoms with Crippen molar-refractivity contribution >= 4 is 29.2 Å². The number of anilines is 1. The summed E-state index contributed by atoms with van der Waals surface area (Å²) in [6.07, 6.45) is 0. The highest BCUT2D eigenvalue weighted by Crippen LogP contribution is 2.21. The summed E-state index contributed by atoms with van der Waals surface area (Å²) in [5.74, 6) is -1.15. The molecule has 0 saturated heterocycles. The highest BCUT2D eigenvalue weighted by atomic mass is 35.5. The number of pyridine rings is 1.